The van der Waals surface area contributed by atoms with E-state index in [1.54, 1.807) is 11.8 Å². The number of aromatic amines is 1. The van der Waals surface area contributed by atoms with Gasteiger partial charge in [0.05, 0.1) is 16.9 Å². The minimum Gasteiger partial charge on any atom is -0.489 e. The Morgan fingerprint density at radius 3 is 2.44 bits per heavy atom. The quantitative estimate of drug-likeness (QED) is 0.437. The highest BCUT2D eigenvalue weighted by molar-refractivity contribution is 8.00. The van der Waals surface area contributed by atoms with E-state index in [0.717, 1.165) is 38.1 Å². The predicted octanol–water partition coefficient (Wildman–Crippen LogP) is 3.96. The normalized spacial score (nSPS) is 31.1. The van der Waals surface area contributed by atoms with E-state index in [9.17, 15) is 24.3 Å². The number of thioether (sulfide) groups is 1. The maximum Gasteiger partial charge on any atom is 0.326 e. The van der Waals surface area contributed by atoms with Crippen LogP contribution in [0, 0.1) is 29.6 Å². The van der Waals surface area contributed by atoms with Crippen molar-refractivity contribution in [1.82, 2.24) is 9.88 Å². The molecule has 8 nitrogen and oxygen atoms in total. The van der Waals surface area contributed by atoms with Crippen LogP contribution in [0.1, 0.15) is 35.3 Å². The van der Waals surface area contributed by atoms with Crippen molar-refractivity contribution in [2.75, 3.05) is 0 Å². The summed E-state index contributed by atoms with van der Waals surface area (Å²) < 4.78 is 5.99. The first kappa shape index (κ1) is 24.7. The van der Waals surface area contributed by atoms with Crippen LogP contribution in [-0.4, -0.2) is 44.1 Å². The number of hydrogen-bond acceptors (Lipinski definition) is 7. The van der Waals surface area contributed by atoms with E-state index in [-0.39, 0.29) is 45.6 Å². The number of carboxylic acids is 1. The smallest absolute Gasteiger partial charge is 0.326 e. The molecular formula is C29H26N2O6S2. The number of H-pyrrole nitrogens is 1. The van der Waals surface area contributed by atoms with Gasteiger partial charge in [0.15, 0.2) is 0 Å². The van der Waals surface area contributed by atoms with Crippen molar-refractivity contribution >= 4 is 40.9 Å². The van der Waals surface area contributed by atoms with Gasteiger partial charge in [-0.1, -0.05) is 53.8 Å². The Bertz CT molecular complexity index is 1530. The van der Waals surface area contributed by atoms with Gasteiger partial charge in [0, 0.05) is 16.0 Å². The summed E-state index contributed by atoms with van der Waals surface area (Å²) in [5.41, 5.74) is 2.12. The first-order valence-electron chi connectivity index (χ1n) is 13.1. The number of carbonyl (C=O) groups excluding carboxylic acids is 2. The Balaban J connectivity index is 1.22. The molecule has 7 rings (SSSR count). The van der Waals surface area contributed by atoms with Gasteiger partial charge < -0.3 is 14.8 Å². The fraction of sp³-hybridized carbons (Fsp3) is 0.379. The van der Waals surface area contributed by atoms with E-state index in [2.05, 4.69) is 4.98 Å². The summed E-state index contributed by atoms with van der Waals surface area (Å²) >= 11 is 2.83. The van der Waals surface area contributed by atoms with Crippen LogP contribution >= 0.6 is 23.1 Å². The average molecular weight is 563 g/mol. The number of thiazole rings is 1. The molecule has 7 unspecified atom stereocenters. The molecule has 2 aliphatic carbocycles. The van der Waals surface area contributed by atoms with Crippen LogP contribution in [0.25, 0.3) is 0 Å². The summed E-state index contributed by atoms with van der Waals surface area (Å²) in [6.45, 7) is 1.86. The number of rotatable bonds is 6. The van der Waals surface area contributed by atoms with Crippen molar-refractivity contribution < 1.29 is 24.2 Å². The summed E-state index contributed by atoms with van der Waals surface area (Å²) in [4.78, 5) is 55.8. The summed E-state index contributed by atoms with van der Waals surface area (Å²) in [7, 11) is 0. The Hall–Kier alpha value is -3.37. The number of fused-ring (bicyclic) bond motifs is 9. The number of likely N-dealkylation sites (tertiary alicyclic amines) is 1. The molecule has 0 spiro atoms. The first-order valence-corrected chi connectivity index (χ1v) is 14.8. The molecule has 2 amide bonds. The Labute approximate surface area is 232 Å². The molecule has 2 aromatic carbocycles. The van der Waals surface area contributed by atoms with Crippen LogP contribution in [0.15, 0.2) is 64.4 Å². The number of ether oxygens (including phenoxy) is 1. The summed E-state index contributed by atoms with van der Waals surface area (Å²) in [5.74, 6) is -2.25. The summed E-state index contributed by atoms with van der Waals surface area (Å²) in [6, 6.07) is 16.7. The molecule has 3 fully saturated rings. The third-order valence-corrected chi connectivity index (χ3v) is 11.6. The van der Waals surface area contributed by atoms with Crippen molar-refractivity contribution in [3.05, 3.63) is 80.3 Å². The van der Waals surface area contributed by atoms with Gasteiger partial charge in [-0.3, -0.25) is 19.3 Å². The van der Waals surface area contributed by atoms with Crippen LogP contribution in [0.4, 0.5) is 0 Å². The number of amides is 2. The molecule has 4 aliphatic rings. The van der Waals surface area contributed by atoms with E-state index < -0.39 is 23.8 Å². The molecule has 2 saturated carbocycles. The highest BCUT2D eigenvalue weighted by Gasteiger charge is 2.70. The van der Waals surface area contributed by atoms with E-state index in [4.69, 9.17) is 4.74 Å². The van der Waals surface area contributed by atoms with Gasteiger partial charge in [0.2, 0.25) is 11.8 Å². The molecule has 200 valence electrons. The number of carbonyl (C=O) groups is 3. The van der Waals surface area contributed by atoms with Gasteiger partial charge in [0.1, 0.15) is 18.4 Å². The number of aliphatic carboxylic acids is 1. The molecule has 2 N–H and O–H groups in total. The number of imide groups is 1. The molecule has 3 heterocycles. The molecule has 2 bridgehead atoms. The predicted molar refractivity (Wildman–Crippen MR) is 145 cm³/mol. The van der Waals surface area contributed by atoms with Crippen LogP contribution in [0.5, 0.6) is 5.75 Å². The number of carboxylic acid groups (broad SMARTS) is 1. The van der Waals surface area contributed by atoms with Crippen LogP contribution in [-0.2, 0) is 21.0 Å². The lowest BCUT2D eigenvalue weighted by Crippen LogP contribution is -2.44. The van der Waals surface area contributed by atoms with E-state index in [1.165, 1.54) is 18.3 Å². The van der Waals surface area contributed by atoms with E-state index in [1.807, 2.05) is 54.6 Å². The fourth-order valence-corrected chi connectivity index (χ4v) is 10.3. The standard InChI is InChI=1S/C29H26N2O6S2/c1-13(28(34)35)31-26(32)21-17-11-18(22(21)27(31)33)23-20(17)19(24-25(38-23)30-29(36)39-24)15-7-9-16(10-8-15)37-12-14-5-3-2-4-6-14/h2-10,13,17-23H,11-12H2,1H3,(H,30,36)(H,34,35)/t13?,17?,18?,19-,20?,21?,22?,23?/m1/s1. The van der Waals surface area contributed by atoms with Crippen LogP contribution < -0.4 is 9.61 Å². The topological polar surface area (TPSA) is 117 Å². The largest absolute Gasteiger partial charge is 0.489 e. The fourth-order valence-electron chi connectivity index (χ4n) is 7.42. The third kappa shape index (κ3) is 3.71. The zero-order chi connectivity index (χ0) is 27.0. The zero-order valence-electron chi connectivity index (χ0n) is 21.0. The molecule has 0 radical (unpaired) electrons. The van der Waals surface area contributed by atoms with Crippen molar-refractivity contribution in [2.45, 2.75) is 42.2 Å². The van der Waals surface area contributed by atoms with Gasteiger partial charge in [-0.2, -0.15) is 0 Å². The molecule has 3 aromatic rings. The van der Waals surface area contributed by atoms with Crippen molar-refractivity contribution in [1.29, 1.82) is 0 Å². The monoisotopic (exact) mass is 562 g/mol. The lowest BCUT2D eigenvalue weighted by atomic mass is 9.68. The molecule has 10 heteroatoms. The summed E-state index contributed by atoms with van der Waals surface area (Å²) in [5, 5.41) is 10.4. The second-order valence-corrected chi connectivity index (χ2v) is 13.1. The highest BCUT2D eigenvalue weighted by atomic mass is 32.2. The minimum atomic E-state index is -1.18. The molecule has 1 aromatic heterocycles. The van der Waals surface area contributed by atoms with Gasteiger partial charge in [-0.15, -0.1) is 11.8 Å². The molecule has 1 saturated heterocycles. The van der Waals surface area contributed by atoms with Crippen molar-refractivity contribution in [3.63, 3.8) is 0 Å². The molecule has 39 heavy (non-hydrogen) atoms. The van der Waals surface area contributed by atoms with Crippen molar-refractivity contribution in [3.8, 4) is 5.75 Å². The van der Waals surface area contributed by atoms with Gasteiger partial charge >= 0.3 is 10.8 Å². The number of hydrogen-bond donors (Lipinski definition) is 2. The summed E-state index contributed by atoms with van der Waals surface area (Å²) in [6.07, 6.45) is 0.762. The number of aromatic nitrogens is 1. The second kappa shape index (κ2) is 9.09. The lowest BCUT2D eigenvalue weighted by Gasteiger charge is -2.43. The maximum atomic E-state index is 13.5. The van der Waals surface area contributed by atoms with Gasteiger partial charge in [0.25, 0.3) is 0 Å². The minimum absolute atomic E-state index is 0.0371. The SMILES string of the molecule is CC(C(=O)O)N1C(=O)C2C3CC(C2C1=O)C1C3Sc2[nH]c(=O)sc2[C@@H]1c1ccc(OCc2ccccc2)cc1. The van der Waals surface area contributed by atoms with Gasteiger partial charge in [-0.25, -0.2) is 4.79 Å². The van der Waals surface area contributed by atoms with E-state index in [0.29, 0.717) is 6.61 Å². The van der Waals surface area contributed by atoms with Crippen LogP contribution in [0.2, 0.25) is 0 Å². The number of nitrogens with one attached hydrogen (secondary N) is 1. The third-order valence-electron chi connectivity index (χ3n) is 8.99. The highest BCUT2D eigenvalue weighted by Crippen LogP contribution is 2.68. The lowest BCUT2D eigenvalue weighted by molar-refractivity contribution is -0.154. The second-order valence-electron chi connectivity index (χ2n) is 10.9. The van der Waals surface area contributed by atoms with Crippen LogP contribution in [0.3, 0.4) is 0 Å². The Kier molecular flexibility index (Phi) is 5.75. The Morgan fingerprint density at radius 2 is 1.74 bits per heavy atom. The number of nitrogens with zero attached hydrogens (tertiary/aromatic N) is 1. The first-order chi connectivity index (χ1) is 18.8. The molecule has 8 atom stereocenters. The Morgan fingerprint density at radius 1 is 1.05 bits per heavy atom. The zero-order valence-corrected chi connectivity index (χ0v) is 22.6. The average Bonchev–Trinajstić information content (AvgIpc) is 3.67. The van der Waals surface area contributed by atoms with Crippen molar-refractivity contribution in [2.24, 2.45) is 29.6 Å². The van der Waals surface area contributed by atoms with Gasteiger partial charge in [-0.05, 0) is 54.4 Å². The molecular weight excluding hydrogens is 536 g/mol. The number of benzene rings is 2. The molecule has 2 aliphatic heterocycles. The maximum absolute atomic E-state index is 13.5. The van der Waals surface area contributed by atoms with E-state index >= 15 is 0 Å².